The molecule has 0 aromatic carbocycles. The molecule has 1 saturated heterocycles. The lowest BCUT2D eigenvalue weighted by Gasteiger charge is -2.34. The lowest BCUT2D eigenvalue weighted by Crippen LogP contribution is -2.50. The number of piperazine rings is 1. The molecule has 3 rings (SSSR count). The zero-order chi connectivity index (χ0) is 16.4. The molecule has 2 amide bonds. The van der Waals surface area contributed by atoms with Gasteiger partial charge in [-0.25, -0.2) is 14.8 Å². The molecule has 7 nitrogen and oxygen atoms in total. The van der Waals surface area contributed by atoms with E-state index in [1.807, 2.05) is 37.8 Å². The van der Waals surface area contributed by atoms with E-state index >= 15 is 0 Å². The van der Waals surface area contributed by atoms with Crippen LogP contribution in [0.2, 0.25) is 0 Å². The molecule has 0 unspecified atom stereocenters. The third-order valence-electron chi connectivity index (χ3n) is 3.69. The summed E-state index contributed by atoms with van der Waals surface area (Å²) < 4.78 is 4.21. The van der Waals surface area contributed by atoms with Gasteiger partial charge >= 0.3 is 6.03 Å². The number of nitrogens with one attached hydrogen (secondary N) is 1. The summed E-state index contributed by atoms with van der Waals surface area (Å²) in [5.41, 5.74) is 1.99. The van der Waals surface area contributed by atoms with Crippen LogP contribution in [0.25, 0.3) is 0 Å². The molecule has 0 radical (unpaired) electrons. The Hall–Kier alpha value is -2.22. The highest BCUT2D eigenvalue weighted by Gasteiger charge is 2.23. The van der Waals surface area contributed by atoms with Crippen LogP contribution >= 0.6 is 11.5 Å². The van der Waals surface area contributed by atoms with Crippen molar-refractivity contribution in [3.05, 3.63) is 29.2 Å². The predicted molar refractivity (Wildman–Crippen MR) is 91.2 cm³/mol. The van der Waals surface area contributed by atoms with Crippen LogP contribution in [0.15, 0.2) is 12.1 Å². The molecule has 1 aliphatic heterocycles. The van der Waals surface area contributed by atoms with E-state index in [4.69, 9.17) is 0 Å². The number of aromatic nitrogens is 3. The van der Waals surface area contributed by atoms with E-state index in [0.717, 1.165) is 35.3 Å². The highest BCUT2D eigenvalue weighted by atomic mass is 32.1. The molecule has 1 fully saturated rings. The minimum atomic E-state index is -0.101. The van der Waals surface area contributed by atoms with Crippen LogP contribution in [0, 0.1) is 20.8 Å². The average molecular weight is 332 g/mol. The number of hydrogen-bond donors (Lipinski definition) is 1. The summed E-state index contributed by atoms with van der Waals surface area (Å²) in [6.45, 7) is 8.66. The number of hydrogen-bond acceptors (Lipinski definition) is 6. The van der Waals surface area contributed by atoms with Gasteiger partial charge in [0, 0.05) is 43.4 Å². The highest BCUT2D eigenvalue weighted by Crippen LogP contribution is 2.19. The van der Waals surface area contributed by atoms with Crippen molar-refractivity contribution in [1.29, 1.82) is 0 Å². The van der Waals surface area contributed by atoms with Gasteiger partial charge in [0.05, 0.1) is 0 Å². The largest absolute Gasteiger partial charge is 0.343 e. The number of rotatable bonds is 2. The van der Waals surface area contributed by atoms with E-state index in [1.165, 1.54) is 11.5 Å². The SMILES string of the molecule is Cc1cc(C)nc(NC(=O)N2CCN(c3nc(C)ns3)CC2)c1. The van der Waals surface area contributed by atoms with E-state index in [2.05, 4.69) is 24.6 Å². The first-order valence-corrected chi connectivity index (χ1v) is 8.35. The van der Waals surface area contributed by atoms with Gasteiger partial charge in [-0.15, -0.1) is 0 Å². The molecule has 23 heavy (non-hydrogen) atoms. The van der Waals surface area contributed by atoms with E-state index in [1.54, 1.807) is 0 Å². The molecule has 1 aliphatic rings. The number of nitrogens with zero attached hydrogens (tertiary/aromatic N) is 5. The van der Waals surface area contributed by atoms with E-state index in [-0.39, 0.29) is 6.03 Å². The fourth-order valence-electron chi connectivity index (χ4n) is 2.61. The van der Waals surface area contributed by atoms with Crippen molar-refractivity contribution in [3.8, 4) is 0 Å². The van der Waals surface area contributed by atoms with Gasteiger partial charge in [-0.2, -0.15) is 4.37 Å². The summed E-state index contributed by atoms with van der Waals surface area (Å²) in [6, 6.07) is 3.76. The van der Waals surface area contributed by atoms with Gasteiger partial charge in [0.25, 0.3) is 0 Å². The molecule has 2 aromatic heterocycles. The van der Waals surface area contributed by atoms with E-state index in [9.17, 15) is 4.79 Å². The smallest absolute Gasteiger partial charge is 0.323 e. The molecule has 122 valence electrons. The molecule has 0 aliphatic carbocycles. The van der Waals surface area contributed by atoms with Crippen LogP contribution < -0.4 is 10.2 Å². The van der Waals surface area contributed by atoms with Gasteiger partial charge in [-0.05, 0) is 38.5 Å². The Kier molecular flexibility index (Phi) is 4.42. The zero-order valence-electron chi connectivity index (χ0n) is 13.5. The van der Waals surface area contributed by atoms with Crippen molar-refractivity contribution in [1.82, 2.24) is 19.2 Å². The van der Waals surface area contributed by atoms with Crippen molar-refractivity contribution >= 4 is 28.5 Å². The van der Waals surface area contributed by atoms with Gasteiger partial charge in [0.1, 0.15) is 11.6 Å². The van der Waals surface area contributed by atoms with Crippen molar-refractivity contribution in [2.24, 2.45) is 0 Å². The Balaban J connectivity index is 1.57. The average Bonchev–Trinajstić information content (AvgIpc) is 2.93. The quantitative estimate of drug-likeness (QED) is 0.913. The number of carbonyl (C=O) groups is 1. The Morgan fingerprint density at radius 3 is 2.48 bits per heavy atom. The molecular weight excluding hydrogens is 312 g/mol. The molecule has 0 atom stereocenters. The molecular formula is C15H20N6OS. The number of pyridine rings is 1. The maximum absolute atomic E-state index is 12.4. The standard InChI is InChI=1S/C15H20N6OS/c1-10-8-11(2)16-13(9-10)18-14(22)20-4-6-21(7-5-20)15-17-12(3)19-23-15/h8-9H,4-7H2,1-3H3,(H,16,18,22). The second-order valence-electron chi connectivity index (χ2n) is 5.70. The summed E-state index contributed by atoms with van der Waals surface area (Å²) >= 11 is 1.41. The highest BCUT2D eigenvalue weighted by molar-refractivity contribution is 7.09. The number of aryl methyl sites for hydroxylation is 3. The second-order valence-corrected chi connectivity index (χ2v) is 6.43. The van der Waals surface area contributed by atoms with Crippen molar-refractivity contribution in [2.75, 3.05) is 36.4 Å². The predicted octanol–water partition coefficient (Wildman–Crippen LogP) is 2.21. The van der Waals surface area contributed by atoms with Crippen molar-refractivity contribution < 1.29 is 4.79 Å². The zero-order valence-corrected chi connectivity index (χ0v) is 14.4. The fourth-order valence-corrected chi connectivity index (χ4v) is 3.33. The summed E-state index contributed by atoms with van der Waals surface area (Å²) in [5, 5.41) is 3.81. The normalized spacial score (nSPS) is 14.9. The number of carbonyl (C=O) groups excluding carboxylic acids is 1. The molecule has 3 heterocycles. The lowest BCUT2D eigenvalue weighted by atomic mass is 10.2. The molecule has 2 aromatic rings. The number of anilines is 2. The molecule has 0 bridgehead atoms. The number of urea groups is 1. The minimum absolute atomic E-state index is 0.101. The summed E-state index contributed by atoms with van der Waals surface area (Å²) in [7, 11) is 0. The monoisotopic (exact) mass is 332 g/mol. The summed E-state index contributed by atoms with van der Waals surface area (Å²) in [6.07, 6.45) is 0. The van der Waals surface area contributed by atoms with Crippen LogP contribution in [0.1, 0.15) is 17.1 Å². The van der Waals surface area contributed by atoms with Gasteiger partial charge in [-0.3, -0.25) is 5.32 Å². The molecule has 0 spiro atoms. The Bertz CT molecular complexity index is 687. The van der Waals surface area contributed by atoms with Crippen molar-refractivity contribution in [3.63, 3.8) is 0 Å². The first-order valence-electron chi connectivity index (χ1n) is 7.58. The topological polar surface area (TPSA) is 74.2 Å². The first-order chi connectivity index (χ1) is 11.0. The minimum Gasteiger partial charge on any atom is -0.343 e. The van der Waals surface area contributed by atoms with Crippen LogP contribution in [0.4, 0.5) is 15.7 Å². The second kappa shape index (κ2) is 6.49. The van der Waals surface area contributed by atoms with Crippen LogP contribution in [0.3, 0.4) is 0 Å². The third-order valence-corrected chi connectivity index (χ3v) is 4.56. The van der Waals surface area contributed by atoms with Crippen LogP contribution in [0.5, 0.6) is 0 Å². The molecule has 8 heteroatoms. The molecule has 0 saturated carbocycles. The van der Waals surface area contributed by atoms with E-state index in [0.29, 0.717) is 18.9 Å². The van der Waals surface area contributed by atoms with Crippen molar-refractivity contribution in [2.45, 2.75) is 20.8 Å². The van der Waals surface area contributed by atoms with E-state index < -0.39 is 0 Å². The van der Waals surface area contributed by atoms with Gasteiger partial charge in [-0.1, -0.05) is 0 Å². The Morgan fingerprint density at radius 2 is 1.87 bits per heavy atom. The lowest BCUT2D eigenvalue weighted by molar-refractivity contribution is 0.208. The molecule has 1 N–H and O–H groups in total. The van der Waals surface area contributed by atoms with Crippen LogP contribution in [-0.4, -0.2) is 51.5 Å². The van der Waals surface area contributed by atoms with Gasteiger partial charge in [0.15, 0.2) is 0 Å². The Labute approximate surface area is 139 Å². The Morgan fingerprint density at radius 1 is 1.13 bits per heavy atom. The summed E-state index contributed by atoms with van der Waals surface area (Å²) in [4.78, 5) is 25.1. The van der Waals surface area contributed by atoms with Gasteiger partial charge < -0.3 is 9.80 Å². The van der Waals surface area contributed by atoms with Crippen LogP contribution in [-0.2, 0) is 0 Å². The fraction of sp³-hybridized carbons (Fsp3) is 0.467. The van der Waals surface area contributed by atoms with Gasteiger partial charge in [0.2, 0.25) is 5.13 Å². The number of amides is 2. The third kappa shape index (κ3) is 3.76. The maximum atomic E-state index is 12.4. The first kappa shape index (κ1) is 15.7. The maximum Gasteiger partial charge on any atom is 0.323 e. The summed E-state index contributed by atoms with van der Waals surface area (Å²) in [5.74, 6) is 1.40.